The van der Waals surface area contributed by atoms with Gasteiger partial charge in [-0.25, -0.2) is 0 Å². The molecule has 1 heterocycles. The van der Waals surface area contributed by atoms with Crippen LogP contribution in [-0.4, -0.2) is 42.7 Å². The van der Waals surface area contributed by atoms with E-state index in [2.05, 4.69) is 4.90 Å². The number of benzene rings is 1. The molecule has 1 aliphatic heterocycles. The molecule has 5 nitrogen and oxygen atoms in total. The Morgan fingerprint density at radius 1 is 1.29 bits per heavy atom. The van der Waals surface area contributed by atoms with E-state index in [1.807, 2.05) is 19.1 Å². The summed E-state index contributed by atoms with van der Waals surface area (Å²) in [5.41, 5.74) is 1.33. The average molecular weight is 292 g/mol. The van der Waals surface area contributed by atoms with Crippen LogP contribution in [0, 0.1) is 16.0 Å². The number of ether oxygens (including phenoxy) is 1. The standard InChI is InChI=1S/C16H24N2O3/c1-2-21-13-15-8-11-17(12-9-15)10-7-14-3-5-16(6-4-14)18(19)20/h3-6,15H,2,7-13H2,1H3. The quantitative estimate of drug-likeness (QED) is 0.573. The van der Waals surface area contributed by atoms with Crippen molar-refractivity contribution in [1.29, 1.82) is 0 Å². The average Bonchev–Trinajstić information content (AvgIpc) is 2.52. The number of likely N-dealkylation sites (tertiary alicyclic amines) is 1. The second-order valence-corrected chi connectivity index (χ2v) is 5.62. The number of nitro benzene ring substituents is 1. The summed E-state index contributed by atoms with van der Waals surface area (Å²) in [6.45, 7) is 7.03. The first-order valence-corrected chi connectivity index (χ1v) is 7.72. The molecular weight excluding hydrogens is 268 g/mol. The zero-order chi connectivity index (χ0) is 15.1. The van der Waals surface area contributed by atoms with Crippen LogP contribution in [0.5, 0.6) is 0 Å². The van der Waals surface area contributed by atoms with Crippen molar-refractivity contribution >= 4 is 5.69 Å². The Balaban J connectivity index is 1.70. The third-order valence-corrected chi connectivity index (χ3v) is 4.13. The van der Waals surface area contributed by atoms with Gasteiger partial charge in [-0.15, -0.1) is 0 Å². The van der Waals surface area contributed by atoms with E-state index < -0.39 is 0 Å². The van der Waals surface area contributed by atoms with Crippen molar-refractivity contribution in [2.24, 2.45) is 5.92 Å². The van der Waals surface area contributed by atoms with Crippen molar-refractivity contribution in [3.63, 3.8) is 0 Å². The second-order valence-electron chi connectivity index (χ2n) is 5.62. The number of non-ortho nitro benzene ring substituents is 1. The maximum absolute atomic E-state index is 10.6. The van der Waals surface area contributed by atoms with Crippen LogP contribution >= 0.6 is 0 Å². The van der Waals surface area contributed by atoms with Crippen LogP contribution < -0.4 is 0 Å². The summed E-state index contributed by atoms with van der Waals surface area (Å²) in [7, 11) is 0. The highest BCUT2D eigenvalue weighted by Crippen LogP contribution is 2.18. The Morgan fingerprint density at radius 2 is 1.95 bits per heavy atom. The Bertz CT molecular complexity index is 439. The molecular formula is C16H24N2O3. The summed E-state index contributed by atoms with van der Waals surface area (Å²) < 4.78 is 5.49. The molecule has 1 aliphatic rings. The van der Waals surface area contributed by atoms with Gasteiger partial charge in [0.1, 0.15) is 0 Å². The molecule has 1 aromatic rings. The lowest BCUT2D eigenvalue weighted by atomic mass is 9.97. The fourth-order valence-electron chi connectivity index (χ4n) is 2.73. The van der Waals surface area contributed by atoms with Crippen molar-refractivity contribution < 1.29 is 9.66 Å². The number of nitrogens with zero attached hydrogens (tertiary/aromatic N) is 2. The topological polar surface area (TPSA) is 55.6 Å². The first-order valence-electron chi connectivity index (χ1n) is 7.72. The van der Waals surface area contributed by atoms with Gasteiger partial charge in [0.15, 0.2) is 0 Å². The van der Waals surface area contributed by atoms with Crippen molar-refractivity contribution in [2.45, 2.75) is 26.2 Å². The predicted octanol–water partition coefficient (Wildman–Crippen LogP) is 2.89. The number of nitro groups is 1. The molecule has 21 heavy (non-hydrogen) atoms. The lowest BCUT2D eigenvalue weighted by molar-refractivity contribution is -0.384. The number of hydrogen-bond acceptors (Lipinski definition) is 4. The van der Waals surface area contributed by atoms with Gasteiger partial charge in [0.05, 0.1) is 4.92 Å². The van der Waals surface area contributed by atoms with Crippen LogP contribution in [0.4, 0.5) is 5.69 Å². The van der Waals surface area contributed by atoms with Crippen LogP contribution in [0.15, 0.2) is 24.3 Å². The molecule has 0 N–H and O–H groups in total. The van der Waals surface area contributed by atoms with Crippen LogP contribution in [0.3, 0.4) is 0 Å². The van der Waals surface area contributed by atoms with Gasteiger partial charge in [-0.3, -0.25) is 10.1 Å². The zero-order valence-corrected chi connectivity index (χ0v) is 12.7. The molecule has 0 amide bonds. The highest BCUT2D eigenvalue weighted by molar-refractivity contribution is 5.32. The van der Waals surface area contributed by atoms with Crippen molar-refractivity contribution in [3.8, 4) is 0 Å². The largest absolute Gasteiger partial charge is 0.381 e. The van der Waals surface area contributed by atoms with Gasteiger partial charge >= 0.3 is 0 Å². The van der Waals surface area contributed by atoms with Crippen molar-refractivity contribution in [2.75, 3.05) is 32.8 Å². The number of hydrogen-bond donors (Lipinski definition) is 0. The Kier molecular flexibility index (Phi) is 6.14. The van der Waals surface area contributed by atoms with Gasteiger partial charge in [0.2, 0.25) is 0 Å². The van der Waals surface area contributed by atoms with Gasteiger partial charge in [-0.2, -0.15) is 0 Å². The third kappa shape index (κ3) is 5.10. The van der Waals surface area contributed by atoms with Gasteiger partial charge in [0, 0.05) is 31.9 Å². The molecule has 116 valence electrons. The fourth-order valence-corrected chi connectivity index (χ4v) is 2.73. The third-order valence-electron chi connectivity index (χ3n) is 4.13. The molecule has 1 fully saturated rings. The summed E-state index contributed by atoms with van der Waals surface area (Å²) in [6, 6.07) is 6.90. The Labute approximate surface area is 126 Å². The highest BCUT2D eigenvalue weighted by Gasteiger charge is 2.18. The van der Waals surface area contributed by atoms with E-state index in [1.54, 1.807) is 12.1 Å². The molecule has 1 aromatic carbocycles. The van der Waals surface area contributed by atoms with E-state index in [0.29, 0.717) is 5.92 Å². The predicted molar refractivity (Wildman–Crippen MR) is 82.5 cm³/mol. The molecule has 0 unspecified atom stereocenters. The Hall–Kier alpha value is -1.46. The highest BCUT2D eigenvalue weighted by atomic mass is 16.6. The molecule has 2 rings (SSSR count). The van der Waals surface area contributed by atoms with Crippen LogP contribution in [-0.2, 0) is 11.2 Å². The summed E-state index contributed by atoms with van der Waals surface area (Å²) in [6.07, 6.45) is 3.37. The maximum atomic E-state index is 10.6. The minimum absolute atomic E-state index is 0.162. The molecule has 0 bridgehead atoms. The molecule has 0 radical (unpaired) electrons. The normalized spacial score (nSPS) is 17.0. The van der Waals surface area contributed by atoms with Crippen molar-refractivity contribution in [1.82, 2.24) is 4.90 Å². The molecule has 0 spiro atoms. The van der Waals surface area contributed by atoms with Gasteiger partial charge in [0.25, 0.3) is 5.69 Å². The van der Waals surface area contributed by atoms with Gasteiger partial charge in [-0.1, -0.05) is 12.1 Å². The summed E-state index contributed by atoms with van der Waals surface area (Å²) >= 11 is 0. The smallest absolute Gasteiger partial charge is 0.269 e. The monoisotopic (exact) mass is 292 g/mol. The summed E-state index contributed by atoms with van der Waals surface area (Å²) in [4.78, 5) is 12.7. The maximum Gasteiger partial charge on any atom is 0.269 e. The van der Waals surface area contributed by atoms with E-state index in [4.69, 9.17) is 4.74 Å². The lowest BCUT2D eigenvalue weighted by Gasteiger charge is -2.31. The van der Waals surface area contributed by atoms with E-state index >= 15 is 0 Å². The van der Waals surface area contributed by atoms with Crippen LogP contribution in [0.25, 0.3) is 0 Å². The molecule has 5 heteroatoms. The van der Waals surface area contributed by atoms with Crippen LogP contribution in [0.2, 0.25) is 0 Å². The number of piperidine rings is 1. The molecule has 0 aromatic heterocycles. The van der Waals surface area contributed by atoms with E-state index in [9.17, 15) is 10.1 Å². The SMILES string of the molecule is CCOCC1CCN(CCc2ccc([N+](=O)[O-])cc2)CC1. The lowest BCUT2D eigenvalue weighted by Crippen LogP contribution is -2.36. The first kappa shape index (κ1) is 15.9. The van der Waals surface area contributed by atoms with Gasteiger partial charge < -0.3 is 9.64 Å². The Morgan fingerprint density at radius 3 is 2.52 bits per heavy atom. The minimum Gasteiger partial charge on any atom is -0.381 e. The fraction of sp³-hybridized carbons (Fsp3) is 0.625. The molecule has 0 aliphatic carbocycles. The molecule has 0 saturated carbocycles. The number of rotatable bonds is 7. The van der Waals surface area contributed by atoms with E-state index in [0.717, 1.165) is 44.8 Å². The van der Waals surface area contributed by atoms with Gasteiger partial charge in [-0.05, 0) is 50.8 Å². The minimum atomic E-state index is -0.354. The summed E-state index contributed by atoms with van der Waals surface area (Å²) in [5, 5.41) is 10.6. The summed E-state index contributed by atoms with van der Waals surface area (Å²) in [5.74, 6) is 0.709. The second kappa shape index (κ2) is 8.10. The first-order chi connectivity index (χ1) is 10.2. The zero-order valence-electron chi connectivity index (χ0n) is 12.7. The van der Waals surface area contributed by atoms with E-state index in [-0.39, 0.29) is 10.6 Å². The van der Waals surface area contributed by atoms with Crippen molar-refractivity contribution in [3.05, 3.63) is 39.9 Å². The van der Waals surface area contributed by atoms with Crippen LogP contribution in [0.1, 0.15) is 25.3 Å². The van der Waals surface area contributed by atoms with E-state index in [1.165, 1.54) is 12.8 Å². The molecule has 0 atom stereocenters. The molecule has 1 saturated heterocycles.